The summed E-state index contributed by atoms with van der Waals surface area (Å²) in [5.41, 5.74) is 5.43. The zero-order valence-corrected chi connectivity index (χ0v) is 10.3. The van der Waals surface area contributed by atoms with E-state index in [1.54, 1.807) is 13.8 Å². The van der Waals surface area contributed by atoms with Gasteiger partial charge in [-0.25, -0.2) is 0 Å². The van der Waals surface area contributed by atoms with E-state index in [-0.39, 0.29) is 23.7 Å². The summed E-state index contributed by atoms with van der Waals surface area (Å²) in [5.74, 6) is 0.0918. The van der Waals surface area contributed by atoms with Crippen molar-refractivity contribution >= 4 is 11.8 Å². The number of methoxy groups -OCH3 is 1. The van der Waals surface area contributed by atoms with Crippen molar-refractivity contribution in [2.45, 2.75) is 26.1 Å². The zero-order chi connectivity index (χ0) is 13.9. The van der Waals surface area contributed by atoms with Gasteiger partial charge in [-0.2, -0.15) is 23.1 Å². The smallest absolute Gasteiger partial charge is 0.405 e. The number of hydrogen-bond acceptors (Lipinski definition) is 5. The van der Waals surface area contributed by atoms with Crippen molar-refractivity contribution in [1.82, 2.24) is 9.97 Å². The Balaban J connectivity index is 3.09. The van der Waals surface area contributed by atoms with Crippen molar-refractivity contribution in [2.75, 3.05) is 24.3 Å². The van der Waals surface area contributed by atoms with Gasteiger partial charge in [-0.1, -0.05) is 0 Å². The van der Waals surface area contributed by atoms with Crippen LogP contribution in [0.3, 0.4) is 0 Å². The van der Waals surface area contributed by atoms with Gasteiger partial charge in [0.25, 0.3) is 0 Å². The molecule has 0 radical (unpaired) electrons. The first-order valence-electron chi connectivity index (χ1n) is 5.25. The van der Waals surface area contributed by atoms with E-state index < -0.39 is 12.7 Å². The quantitative estimate of drug-likeness (QED) is 0.899. The van der Waals surface area contributed by atoms with Crippen molar-refractivity contribution in [3.63, 3.8) is 0 Å². The first kappa shape index (κ1) is 14.3. The van der Waals surface area contributed by atoms with Gasteiger partial charge in [-0.15, -0.1) is 0 Å². The van der Waals surface area contributed by atoms with Crippen LogP contribution < -0.4 is 15.4 Å². The van der Waals surface area contributed by atoms with Gasteiger partial charge in [0.1, 0.15) is 12.4 Å². The Bertz CT molecular complexity index is 409. The van der Waals surface area contributed by atoms with E-state index >= 15 is 0 Å². The lowest BCUT2D eigenvalue weighted by Crippen LogP contribution is -2.39. The third-order valence-corrected chi connectivity index (χ3v) is 2.18. The zero-order valence-electron chi connectivity index (χ0n) is 10.3. The van der Waals surface area contributed by atoms with Gasteiger partial charge in [-0.3, -0.25) is 0 Å². The highest BCUT2D eigenvalue weighted by Gasteiger charge is 2.32. The lowest BCUT2D eigenvalue weighted by molar-refractivity contribution is -0.120. The van der Waals surface area contributed by atoms with Crippen molar-refractivity contribution < 1.29 is 17.9 Å². The summed E-state index contributed by atoms with van der Waals surface area (Å²) in [5, 5.41) is 0. The number of anilines is 2. The predicted molar refractivity (Wildman–Crippen MR) is 61.5 cm³/mol. The second kappa shape index (κ2) is 5.28. The van der Waals surface area contributed by atoms with Gasteiger partial charge >= 0.3 is 6.18 Å². The highest BCUT2D eigenvalue weighted by Crippen LogP contribution is 2.25. The summed E-state index contributed by atoms with van der Waals surface area (Å²) in [6, 6.07) is 0.938. The molecule has 18 heavy (non-hydrogen) atoms. The predicted octanol–water partition coefficient (Wildman–Crippen LogP) is 1.84. The second-order valence-electron chi connectivity index (χ2n) is 3.96. The maximum atomic E-state index is 12.5. The molecule has 1 heterocycles. The summed E-state index contributed by atoms with van der Waals surface area (Å²) in [6.45, 7) is 2.16. The lowest BCUT2D eigenvalue weighted by Gasteiger charge is -2.28. The fourth-order valence-electron chi connectivity index (χ4n) is 1.40. The molecule has 0 saturated heterocycles. The van der Waals surface area contributed by atoms with Crippen LogP contribution in [0.2, 0.25) is 0 Å². The summed E-state index contributed by atoms with van der Waals surface area (Å²) < 4.78 is 42.3. The molecule has 0 bridgehead atoms. The number of nitrogens with two attached hydrogens (primary N) is 1. The van der Waals surface area contributed by atoms with E-state index in [2.05, 4.69) is 9.97 Å². The van der Waals surface area contributed by atoms with Crippen molar-refractivity contribution in [2.24, 2.45) is 0 Å². The molecular weight excluding hydrogens is 249 g/mol. The van der Waals surface area contributed by atoms with E-state index in [1.807, 2.05) is 0 Å². The molecule has 0 aliphatic heterocycles. The molecule has 0 aromatic carbocycles. The van der Waals surface area contributed by atoms with Crippen molar-refractivity contribution in [3.05, 3.63) is 6.07 Å². The molecule has 1 rings (SSSR count). The average molecular weight is 264 g/mol. The molecule has 102 valence electrons. The molecule has 0 aliphatic rings. The summed E-state index contributed by atoms with van der Waals surface area (Å²) in [6.07, 6.45) is -4.32. The van der Waals surface area contributed by atoms with Crippen LogP contribution >= 0.6 is 0 Å². The Hall–Kier alpha value is -1.73. The molecule has 0 saturated carbocycles. The Morgan fingerprint density at radius 2 is 2.00 bits per heavy atom. The van der Waals surface area contributed by atoms with Crippen LogP contribution in [-0.4, -0.2) is 35.8 Å². The van der Waals surface area contributed by atoms with Gasteiger partial charge in [0.15, 0.2) is 0 Å². The molecule has 2 N–H and O–H groups in total. The lowest BCUT2D eigenvalue weighted by atomic mass is 10.3. The minimum Gasteiger partial charge on any atom is -0.481 e. The van der Waals surface area contributed by atoms with Crippen LogP contribution in [0.4, 0.5) is 24.9 Å². The van der Waals surface area contributed by atoms with Crippen LogP contribution in [0.25, 0.3) is 0 Å². The first-order valence-corrected chi connectivity index (χ1v) is 5.25. The van der Waals surface area contributed by atoms with Crippen molar-refractivity contribution in [1.29, 1.82) is 0 Å². The molecule has 1 aromatic rings. The molecule has 0 spiro atoms. The second-order valence-corrected chi connectivity index (χ2v) is 3.96. The standard InChI is InChI=1S/C10H15F3N4O/c1-6(2)17(5-10(11,12)13)7-4-8(18-3)16-9(14)15-7/h4,6H,5H2,1-3H3,(H2,14,15,16). The third kappa shape index (κ3) is 3.94. The monoisotopic (exact) mass is 264 g/mol. The number of ether oxygens (including phenoxy) is 1. The Kier molecular flexibility index (Phi) is 4.20. The van der Waals surface area contributed by atoms with Crippen LogP contribution in [0.15, 0.2) is 6.07 Å². The van der Waals surface area contributed by atoms with Gasteiger partial charge in [0.05, 0.1) is 7.11 Å². The van der Waals surface area contributed by atoms with Gasteiger partial charge in [0.2, 0.25) is 11.8 Å². The maximum absolute atomic E-state index is 12.5. The van der Waals surface area contributed by atoms with E-state index in [1.165, 1.54) is 13.2 Å². The highest BCUT2D eigenvalue weighted by molar-refractivity contribution is 5.46. The topological polar surface area (TPSA) is 64.3 Å². The number of halogens is 3. The molecule has 0 amide bonds. The van der Waals surface area contributed by atoms with Crippen LogP contribution in [0.5, 0.6) is 5.88 Å². The normalized spacial score (nSPS) is 11.7. The molecule has 0 atom stereocenters. The average Bonchev–Trinajstić information content (AvgIpc) is 2.23. The van der Waals surface area contributed by atoms with Gasteiger partial charge in [-0.05, 0) is 13.8 Å². The summed E-state index contributed by atoms with van der Waals surface area (Å²) in [7, 11) is 1.36. The fourth-order valence-corrected chi connectivity index (χ4v) is 1.40. The van der Waals surface area contributed by atoms with E-state index in [0.717, 1.165) is 4.90 Å². The molecule has 1 aromatic heterocycles. The largest absolute Gasteiger partial charge is 0.481 e. The van der Waals surface area contributed by atoms with E-state index in [9.17, 15) is 13.2 Å². The Labute approximate surface area is 103 Å². The summed E-state index contributed by atoms with van der Waals surface area (Å²) >= 11 is 0. The van der Waals surface area contributed by atoms with Crippen molar-refractivity contribution in [3.8, 4) is 5.88 Å². The fraction of sp³-hybridized carbons (Fsp3) is 0.600. The number of hydrogen-bond donors (Lipinski definition) is 1. The first-order chi connectivity index (χ1) is 8.23. The maximum Gasteiger partial charge on any atom is 0.405 e. The molecule has 5 nitrogen and oxygen atoms in total. The molecule has 8 heteroatoms. The van der Waals surface area contributed by atoms with Gasteiger partial charge < -0.3 is 15.4 Å². The van der Waals surface area contributed by atoms with Crippen LogP contribution in [0.1, 0.15) is 13.8 Å². The number of aromatic nitrogens is 2. The molecule has 0 unspecified atom stereocenters. The SMILES string of the molecule is COc1cc(N(CC(F)(F)F)C(C)C)nc(N)n1. The van der Waals surface area contributed by atoms with Gasteiger partial charge in [0, 0.05) is 12.1 Å². The Morgan fingerprint density at radius 1 is 1.39 bits per heavy atom. The highest BCUT2D eigenvalue weighted by atomic mass is 19.4. The minimum absolute atomic E-state index is 0.0895. The number of alkyl halides is 3. The number of nitrogen functional groups attached to an aromatic ring is 1. The molecular formula is C10H15F3N4O. The molecule has 0 fully saturated rings. The number of nitrogens with zero attached hydrogens (tertiary/aromatic N) is 3. The third-order valence-electron chi connectivity index (χ3n) is 2.18. The molecule has 0 aliphatic carbocycles. The van der Waals surface area contributed by atoms with E-state index in [4.69, 9.17) is 10.5 Å². The van der Waals surface area contributed by atoms with Crippen LogP contribution in [0, 0.1) is 0 Å². The Morgan fingerprint density at radius 3 is 2.44 bits per heavy atom. The minimum atomic E-state index is -4.32. The van der Waals surface area contributed by atoms with Crippen LogP contribution in [-0.2, 0) is 0 Å². The van der Waals surface area contributed by atoms with E-state index in [0.29, 0.717) is 0 Å². The number of rotatable bonds is 4. The summed E-state index contributed by atoms with van der Waals surface area (Å²) in [4.78, 5) is 8.61.